The molecule has 10 nitrogen and oxygen atoms in total. The highest BCUT2D eigenvalue weighted by molar-refractivity contribution is 6.07. The lowest BCUT2D eigenvalue weighted by molar-refractivity contribution is -0.130. The van der Waals surface area contributed by atoms with Crippen molar-refractivity contribution < 1.29 is 14.4 Å². The van der Waals surface area contributed by atoms with Gasteiger partial charge in [-0.3, -0.25) is 14.4 Å². The minimum absolute atomic E-state index is 0.0744. The fourth-order valence-corrected chi connectivity index (χ4v) is 6.59. The van der Waals surface area contributed by atoms with Gasteiger partial charge < -0.3 is 15.5 Å². The van der Waals surface area contributed by atoms with Crippen molar-refractivity contribution in [1.29, 1.82) is 0 Å². The molecule has 0 spiro atoms. The van der Waals surface area contributed by atoms with Gasteiger partial charge in [0.15, 0.2) is 5.65 Å². The molecule has 10 heteroatoms. The Labute approximate surface area is 241 Å². The number of piperidine rings is 1. The van der Waals surface area contributed by atoms with Crippen LogP contribution in [0.25, 0.3) is 16.6 Å². The van der Waals surface area contributed by atoms with Gasteiger partial charge in [0.2, 0.25) is 5.91 Å². The molecule has 1 atom stereocenters. The monoisotopic (exact) mass is 559 g/mol. The Bertz CT molecular complexity index is 1500. The van der Waals surface area contributed by atoms with E-state index in [4.69, 9.17) is 10.1 Å². The fourth-order valence-electron chi connectivity index (χ4n) is 6.59. The average molecular weight is 560 g/mol. The Morgan fingerprint density at radius 2 is 1.85 bits per heavy atom. The predicted molar refractivity (Wildman–Crippen MR) is 160 cm³/mol. The Morgan fingerprint density at radius 3 is 2.49 bits per heavy atom. The number of likely N-dealkylation sites (tertiary alicyclic amines) is 1. The van der Waals surface area contributed by atoms with Gasteiger partial charge in [-0.15, -0.1) is 0 Å². The number of pyridine rings is 1. The minimum Gasteiger partial charge on any atom is -0.351 e. The second-order valence-corrected chi connectivity index (χ2v) is 12.9. The number of hydrogen-bond acceptors (Lipinski definition) is 6. The van der Waals surface area contributed by atoms with Crippen LogP contribution < -0.4 is 10.6 Å². The Morgan fingerprint density at radius 1 is 1.15 bits per heavy atom. The molecule has 41 heavy (non-hydrogen) atoms. The summed E-state index contributed by atoms with van der Waals surface area (Å²) in [5, 5.41) is 12.0. The molecule has 5 rings (SSSR count). The number of nitrogens with zero attached hydrogens (tertiary/aromatic N) is 5. The highest BCUT2D eigenvalue weighted by Gasteiger charge is 2.34. The van der Waals surface area contributed by atoms with Crippen molar-refractivity contribution in [2.24, 2.45) is 10.9 Å². The SMILES string of the molecule is CC(=O)N1CCC(n2ncc3c(C(=O)NCC4C(=O)N=C(C)C=C4C)cc(C4=CC(C)(C)NC(C)(C)C4)nc32)CC1. The van der Waals surface area contributed by atoms with Crippen molar-refractivity contribution in [3.63, 3.8) is 0 Å². The zero-order chi connectivity index (χ0) is 29.7. The van der Waals surface area contributed by atoms with Crippen molar-refractivity contribution in [3.05, 3.63) is 41.2 Å². The molecule has 2 aromatic rings. The highest BCUT2D eigenvalue weighted by Crippen LogP contribution is 2.35. The molecule has 3 aliphatic rings. The van der Waals surface area contributed by atoms with Crippen molar-refractivity contribution in [2.45, 2.75) is 84.8 Å². The molecule has 1 saturated heterocycles. The van der Waals surface area contributed by atoms with E-state index in [0.29, 0.717) is 35.4 Å². The molecule has 5 heterocycles. The van der Waals surface area contributed by atoms with E-state index >= 15 is 0 Å². The number of amides is 3. The Balaban J connectivity index is 1.52. The molecule has 2 N–H and O–H groups in total. The van der Waals surface area contributed by atoms with Gasteiger partial charge in [0.1, 0.15) is 0 Å². The number of aliphatic imine (C=N–C) groups is 1. The fraction of sp³-hybridized carbons (Fsp3) is 0.548. The third-order valence-electron chi connectivity index (χ3n) is 8.26. The zero-order valence-corrected chi connectivity index (χ0v) is 25.2. The maximum atomic E-state index is 13.8. The molecule has 0 aliphatic carbocycles. The van der Waals surface area contributed by atoms with Crippen LogP contribution in [0.1, 0.15) is 89.8 Å². The maximum Gasteiger partial charge on any atom is 0.254 e. The van der Waals surface area contributed by atoms with Crippen LogP contribution in [0.15, 0.2) is 35.0 Å². The van der Waals surface area contributed by atoms with Crippen LogP contribution in [0.2, 0.25) is 0 Å². The molecule has 0 saturated carbocycles. The molecule has 0 radical (unpaired) electrons. The van der Waals surface area contributed by atoms with Gasteiger partial charge in [0.05, 0.1) is 34.8 Å². The second-order valence-electron chi connectivity index (χ2n) is 12.9. The van der Waals surface area contributed by atoms with Gasteiger partial charge >= 0.3 is 0 Å². The van der Waals surface area contributed by atoms with Crippen LogP contribution in [0.3, 0.4) is 0 Å². The van der Waals surface area contributed by atoms with Crippen LogP contribution in [0, 0.1) is 5.92 Å². The number of rotatable bonds is 5. The lowest BCUT2D eigenvalue weighted by atomic mass is 9.82. The first-order valence-corrected chi connectivity index (χ1v) is 14.4. The smallest absolute Gasteiger partial charge is 0.254 e. The molecular weight excluding hydrogens is 518 g/mol. The predicted octanol–water partition coefficient (Wildman–Crippen LogP) is 3.84. The lowest BCUT2D eigenvalue weighted by Crippen LogP contribution is -2.53. The summed E-state index contributed by atoms with van der Waals surface area (Å²) in [7, 11) is 0. The van der Waals surface area contributed by atoms with Crippen molar-refractivity contribution in [1.82, 2.24) is 30.3 Å². The van der Waals surface area contributed by atoms with E-state index in [1.165, 1.54) is 0 Å². The van der Waals surface area contributed by atoms with Gasteiger partial charge in [0, 0.05) is 43.3 Å². The second kappa shape index (κ2) is 10.6. The molecule has 218 valence electrons. The molecule has 3 amide bonds. The topological polar surface area (TPSA) is 122 Å². The largest absolute Gasteiger partial charge is 0.351 e. The summed E-state index contributed by atoms with van der Waals surface area (Å²) in [6.45, 7) is 15.4. The number of hydrogen-bond donors (Lipinski definition) is 2. The molecular formula is C31H41N7O3. The quantitative estimate of drug-likeness (QED) is 0.574. The summed E-state index contributed by atoms with van der Waals surface area (Å²) in [6.07, 6.45) is 8.08. The van der Waals surface area contributed by atoms with Gasteiger partial charge in [-0.1, -0.05) is 11.6 Å². The lowest BCUT2D eigenvalue weighted by Gasteiger charge is -2.41. The van der Waals surface area contributed by atoms with Crippen LogP contribution in [-0.2, 0) is 9.59 Å². The minimum atomic E-state index is -0.484. The van der Waals surface area contributed by atoms with E-state index < -0.39 is 5.92 Å². The van der Waals surface area contributed by atoms with Crippen molar-refractivity contribution >= 4 is 40.0 Å². The third kappa shape index (κ3) is 6.02. The summed E-state index contributed by atoms with van der Waals surface area (Å²) >= 11 is 0. The summed E-state index contributed by atoms with van der Waals surface area (Å²) in [5.41, 5.74) is 4.12. The number of allylic oxidation sites excluding steroid dienone is 1. The third-order valence-corrected chi connectivity index (χ3v) is 8.26. The molecule has 2 aromatic heterocycles. The van der Waals surface area contributed by atoms with E-state index in [1.54, 1.807) is 20.0 Å². The van der Waals surface area contributed by atoms with E-state index in [1.807, 2.05) is 28.6 Å². The van der Waals surface area contributed by atoms with Gasteiger partial charge in [-0.05, 0) is 78.5 Å². The van der Waals surface area contributed by atoms with E-state index in [9.17, 15) is 14.4 Å². The summed E-state index contributed by atoms with van der Waals surface area (Å²) in [5.74, 6) is -0.914. The number of carbonyl (C=O) groups excluding carboxylic acids is 3. The number of fused-ring (bicyclic) bond motifs is 1. The first kappa shape index (κ1) is 28.9. The molecule has 1 fully saturated rings. The molecule has 1 unspecified atom stereocenters. The van der Waals surface area contributed by atoms with Crippen LogP contribution in [0.5, 0.6) is 0 Å². The summed E-state index contributed by atoms with van der Waals surface area (Å²) in [4.78, 5) is 49.2. The highest BCUT2D eigenvalue weighted by atomic mass is 16.2. The first-order valence-electron chi connectivity index (χ1n) is 14.4. The van der Waals surface area contributed by atoms with Crippen molar-refractivity contribution in [2.75, 3.05) is 19.6 Å². The van der Waals surface area contributed by atoms with Crippen LogP contribution in [0.4, 0.5) is 0 Å². The Hall–Kier alpha value is -3.66. The summed E-state index contributed by atoms with van der Waals surface area (Å²) in [6, 6.07) is 1.93. The standard InChI is InChI=1S/C31H41N7O3/c1-18-12-19(2)34-29(41)24(18)16-32-28(40)23-13-26(21-14-30(4,5)36-31(6,7)15-21)35-27-25(23)17-33-38(27)22-8-10-37(11-9-22)20(3)39/h12-14,17,22,24,36H,8-11,15-16H2,1-7H3,(H,32,40). The first-order chi connectivity index (χ1) is 19.2. The van der Waals surface area contributed by atoms with Crippen molar-refractivity contribution in [3.8, 4) is 0 Å². The van der Waals surface area contributed by atoms with Crippen LogP contribution >= 0.6 is 0 Å². The molecule has 0 bridgehead atoms. The van der Waals surface area contributed by atoms with Crippen LogP contribution in [-0.4, -0.2) is 73.8 Å². The van der Waals surface area contributed by atoms with Gasteiger partial charge in [0.25, 0.3) is 11.8 Å². The van der Waals surface area contributed by atoms with E-state index in [2.05, 4.69) is 49.4 Å². The van der Waals surface area contributed by atoms with Gasteiger partial charge in [-0.25, -0.2) is 14.7 Å². The maximum absolute atomic E-state index is 13.8. The Kier molecular flexibility index (Phi) is 7.48. The normalized spacial score (nSPS) is 22.7. The van der Waals surface area contributed by atoms with E-state index in [-0.39, 0.29) is 41.4 Å². The number of nitrogens with one attached hydrogen (secondary N) is 2. The van der Waals surface area contributed by atoms with Gasteiger partial charge in [-0.2, -0.15) is 5.10 Å². The van der Waals surface area contributed by atoms with E-state index in [0.717, 1.165) is 36.1 Å². The average Bonchev–Trinajstić information content (AvgIpc) is 3.29. The number of dihydropyridines is 1. The number of carbonyl (C=O) groups is 3. The molecule has 3 aliphatic heterocycles. The summed E-state index contributed by atoms with van der Waals surface area (Å²) < 4.78 is 1.93. The zero-order valence-electron chi connectivity index (χ0n) is 25.2. The number of aromatic nitrogens is 3. The molecule has 0 aromatic carbocycles.